The molecule has 0 atom stereocenters. The summed E-state index contributed by atoms with van der Waals surface area (Å²) in [6, 6.07) is 6.25. The minimum absolute atomic E-state index is 0. The highest BCUT2D eigenvalue weighted by atomic mass is 127. The van der Waals surface area contributed by atoms with Crippen LogP contribution in [0, 0.1) is 5.92 Å². The number of guanidine groups is 1. The van der Waals surface area contributed by atoms with Gasteiger partial charge in [0.2, 0.25) is 5.91 Å². The summed E-state index contributed by atoms with van der Waals surface area (Å²) in [5.41, 5.74) is 1.09. The predicted octanol–water partition coefficient (Wildman–Crippen LogP) is 3.80. The van der Waals surface area contributed by atoms with Gasteiger partial charge in [-0.25, -0.2) is 0 Å². The number of amides is 1. The standard InChI is InChI=1S/C23H38N4O3.HI/c1-6-18(7-2)22(28)27-13-11-19(12-14-27)26-23(24-4)25-16-17-9-10-20(29-5)21(15-17)30-8-3;/h9-10,15,18-19H,6-8,11-14,16H2,1-5H3,(H2,24,25,26);1H. The summed E-state index contributed by atoms with van der Waals surface area (Å²) in [6.45, 7) is 8.98. The Labute approximate surface area is 204 Å². The number of ether oxygens (including phenoxy) is 2. The number of rotatable bonds is 9. The Balaban J connectivity index is 0.00000480. The van der Waals surface area contributed by atoms with Gasteiger partial charge >= 0.3 is 0 Å². The van der Waals surface area contributed by atoms with Gasteiger partial charge in [-0.1, -0.05) is 19.9 Å². The molecule has 0 saturated carbocycles. The van der Waals surface area contributed by atoms with Crippen molar-refractivity contribution in [3.63, 3.8) is 0 Å². The fraction of sp³-hybridized carbons (Fsp3) is 0.652. The molecule has 1 heterocycles. The number of aliphatic imine (C=N–C) groups is 1. The first-order chi connectivity index (χ1) is 14.6. The number of hydrogen-bond acceptors (Lipinski definition) is 4. The number of nitrogens with one attached hydrogen (secondary N) is 2. The van der Waals surface area contributed by atoms with Crippen molar-refractivity contribution in [2.75, 3.05) is 33.9 Å². The largest absolute Gasteiger partial charge is 0.493 e. The minimum atomic E-state index is 0. The van der Waals surface area contributed by atoms with Crippen molar-refractivity contribution in [1.82, 2.24) is 15.5 Å². The molecule has 1 aliphatic heterocycles. The lowest BCUT2D eigenvalue weighted by Gasteiger charge is -2.34. The molecule has 0 aliphatic carbocycles. The highest BCUT2D eigenvalue weighted by Gasteiger charge is 2.26. The number of piperidine rings is 1. The average Bonchev–Trinajstić information content (AvgIpc) is 2.78. The zero-order chi connectivity index (χ0) is 21.9. The van der Waals surface area contributed by atoms with Gasteiger partial charge in [-0.2, -0.15) is 0 Å². The molecule has 1 aliphatic rings. The molecular weight excluding hydrogens is 507 g/mol. The van der Waals surface area contributed by atoms with Crippen LogP contribution < -0.4 is 20.1 Å². The van der Waals surface area contributed by atoms with Crippen molar-refractivity contribution in [1.29, 1.82) is 0 Å². The van der Waals surface area contributed by atoms with E-state index in [2.05, 4.69) is 29.5 Å². The lowest BCUT2D eigenvalue weighted by atomic mass is 9.98. The number of carbonyl (C=O) groups excluding carboxylic acids is 1. The molecule has 2 N–H and O–H groups in total. The van der Waals surface area contributed by atoms with Crippen LogP contribution in [0.4, 0.5) is 0 Å². The summed E-state index contributed by atoms with van der Waals surface area (Å²) >= 11 is 0. The molecular formula is C23H39IN4O3. The Hall–Kier alpha value is -1.71. The molecule has 0 bridgehead atoms. The van der Waals surface area contributed by atoms with E-state index in [0.29, 0.717) is 25.1 Å². The lowest BCUT2D eigenvalue weighted by Crippen LogP contribution is -2.50. The molecule has 1 aromatic carbocycles. The van der Waals surface area contributed by atoms with Gasteiger partial charge in [0, 0.05) is 38.6 Å². The molecule has 1 saturated heterocycles. The molecule has 7 nitrogen and oxygen atoms in total. The van der Waals surface area contributed by atoms with Crippen molar-refractivity contribution in [2.24, 2.45) is 10.9 Å². The normalized spacial score (nSPS) is 14.8. The van der Waals surface area contributed by atoms with E-state index in [4.69, 9.17) is 9.47 Å². The lowest BCUT2D eigenvalue weighted by molar-refractivity contribution is -0.136. The van der Waals surface area contributed by atoms with E-state index in [1.54, 1.807) is 14.2 Å². The van der Waals surface area contributed by atoms with E-state index in [1.165, 1.54) is 0 Å². The van der Waals surface area contributed by atoms with Gasteiger partial charge in [0.1, 0.15) is 0 Å². The van der Waals surface area contributed by atoms with E-state index < -0.39 is 0 Å². The van der Waals surface area contributed by atoms with Crippen LogP contribution in [0.25, 0.3) is 0 Å². The SMILES string of the molecule is CCOc1cc(CNC(=NC)NC2CCN(C(=O)C(CC)CC)CC2)ccc1OC.I. The van der Waals surface area contributed by atoms with Gasteiger partial charge in [0.25, 0.3) is 0 Å². The first-order valence-corrected chi connectivity index (χ1v) is 11.1. The van der Waals surface area contributed by atoms with Crippen molar-refractivity contribution in [3.8, 4) is 11.5 Å². The number of methoxy groups -OCH3 is 1. The smallest absolute Gasteiger partial charge is 0.225 e. The van der Waals surface area contributed by atoms with E-state index in [-0.39, 0.29) is 29.9 Å². The molecule has 0 spiro atoms. The van der Waals surface area contributed by atoms with Crippen molar-refractivity contribution in [2.45, 2.75) is 59.0 Å². The molecule has 176 valence electrons. The maximum absolute atomic E-state index is 12.6. The van der Waals surface area contributed by atoms with Crippen molar-refractivity contribution < 1.29 is 14.3 Å². The van der Waals surface area contributed by atoms with Crippen LogP contribution in [-0.2, 0) is 11.3 Å². The third-order valence-corrected chi connectivity index (χ3v) is 5.69. The Morgan fingerprint density at radius 3 is 2.42 bits per heavy atom. The molecule has 0 aromatic heterocycles. The van der Waals surface area contributed by atoms with Gasteiger partial charge in [-0.3, -0.25) is 9.79 Å². The zero-order valence-corrected chi connectivity index (χ0v) is 21.9. The molecule has 1 fully saturated rings. The van der Waals surface area contributed by atoms with Crippen LogP contribution in [-0.4, -0.2) is 56.7 Å². The van der Waals surface area contributed by atoms with Gasteiger partial charge in [-0.15, -0.1) is 24.0 Å². The van der Waals surface area contributed by atoms with Gasteiger partial charge < -0.3 is 25.0 Å². The zero-order valence-electron chi connectivity index (χ0n) is 19.6. The monoisotopic (exact) mass is 546 g/mol. The summed E-state index contributed by atoms with van der Waals surface area (Å²) in [5, 5.41) is 6.87. The molecule has 8 heteroatoms. The third kappa shape index (κ3) is 8.05. The Bertz CT molecular complexity index is 702. The van der Waals surface area contributed by atoms with E-state index in [1.807, 2.05) is 30.0 Å². The second-order valence-corrected chi connectivity index (χ2v) is 7.60. The maximum atomic E-state index is 12.6. The fourth-order valence-corrected chi connectivity index (χ4v) is 3.81. The van der Waals surface area contributed by atoms with Crippen molar-refractivity contribution in [3.05, 3.63) is 23.8 Å². The van der Waals surface area contributed by atoms with E-state index in [9.17, 15) is 4.79 Å². The number of hydrogen-bond donors (Lipinski definition) is 2. The first-order valence-electron chi connectivity index (χ1n) is 11.1. The van der Waals surface area contributed by atoms with Crippen LogP contribution in [0.1, 0.15) is 52.0 Å². The van der Waals surface area contributed by atoms with Gasteiger partial charge in [-0.05, 0) is 50.3 Å². The Morgan fingerprint density at radius 1 is 1.19 bits per heavy atom. The molecule has 0 unspecified atom stereocenters. The second-order valence-electron chi connectivity index (χ2n) is 7.60. The Kier molecular flexibility index (Phi) is 12.7. The average molecular weight is 546 g/mol. The topological polar surface area (TPSA) is 75.2 Å². The van der Waals surface area contributed by atoms with Gasteiger partial charge in [0.15, 0.2) is 17.5 Å². The maximum Gasteiger partial charge on any atom is 0.225 e. The molecule has 31 heavy (non-hydrogen) atoms. The highest BCUT2D eigenvalue weighted by Crippen LogP contribution is 2.28. The van der Waals surface area contributed by atoms with Crippen LogP contribution in [0.5, 0.6) is 11.5 Å². The number of carbonyl (C=O) groups is 1. The quantitative estimate of drug-likeness (QED) is 0.280. The van der Waals surface area contributed by atoms with Crippen LogP contribution >= 0.6 is 24.0 Å². The van der Waals surface area contributed by atoms with Crippen LogP contribution in [0.3, 0.4) is 0 Å². The summed E-state index contributed by atoms with van der Waals surface area (Å²) < 4.78 is 11.0. The Morgan fingerprint density at radius 2 is 1.87 bits per heavy atom. The van der Waals surface area contributed by atoms with Crippen molar-refractivity contribution >= 4 is 35.8 Å². The third-order valence-electron chi connectivity index (χ3n) is 5.69. The first kappa shape index (κ1) is 27.3. The number of nitrogens with zero attached hydrogens (tertiary/aromatic N) is 2. The molecule has 2 rings (SSSR count). The minimum Gasteiger partial charge on any atom is -0.493 e. The van der Waals surface area contributed by atoms with Gasteiger partial charge in [0.05, 0.1) is 13.7 Å². The summed E-state index contributed by atoms with van der Waals surface area (Å²) in [7, 11) is 3.42. The molecule has 1 amide bonds. The molecule has 0 radical (unpaired) electrons. The molecule has 1 aromatic rings. The number of halogens is 1. The van der Waals surface area contributed by atoms with Crippen LogP contribution in [0.15, 0.2) is 23.2 Å². The fourth-order valence-electron chi connectivity index (χ4n) is 3.81. The summed E-state index contributed by atoms with van der Waals surface area (Å²) in [5.74, 6) is 2.73. The predicted molar refractivity (Wildman–Crippen MR) is 137 cm³/mol. The second kappa shape index (κ2) is 14.4. The summed E-state index contributed by atoms with van der Waals surface area (Å²) in [6.07, 6.45) is 3.70. The summed E-state index contributed by atoms with van der Waals surface area (Å²) in [4.78, 5) is 19.0. The number of likely N-dealkylation sites (tertiary alicyclic amines) is 1. The van der Waals surface area contributed by atoms with Crippen LogP contribution in [0.2, 0.25) is 0 Å². The van der Waals surface area contributed by atoms with E-state index in [0.717, 1.165) is 61.8 Å². The highest BCUT2D eigenvalue weighted by molar-refractivity contribution is 14.0. The number of benzene rings is 1. The van der Waals surface area contributed by atoms with E-state index >= 15 is 0 Å².